The second-order valence-electron chi connectivity index (χ2n) is 10.6. The van der Waals surface area contributed by atoms with Gasteiger partial charge in [-0.15, -0.1) is 0 Å². The van der Waals surface area contributed by atoms with E-state index < -0.39 is 23.8 Å². The van der Waals surface area contributed by atoms with Gasteiger partial charge in [-0.25, -0.2) is 5.48 Å². The number of methoxy groups -OCH3 is 1. The number of benzene rings is 3. The van der Waals surface area contributed by atoms with E-state index in [-0.39, 0.29) is 18.7 Å². The number of hydroxylamine groups is 1. The summed E-state index contributed by atoms with van der Waals surface area (Å²) in [6.45, 7) is 0.362. The van der Waals surface area contributed by atoms with Crippen LogP contribution in [-0.2, 0) is 33.6 Å². The minimum atomic E-state index is -0.881. The number of ether oxygens (including phenoxy) is 1. The number of aromatic amines is 1. The molecule has 0 aliphatic rings. The lowest BCUT2D eigenvalue weighted by molar-refractivity contribution is -0.136. The smallest absolute Gasteiger partial charge is 0.244 e. The van der Waals surface area contributed by atoms with E-state index >= 15 is 0 Å². The molecule has 0 radical (unpaired) electrons. The van der Waals surface area contributed by atoms with E-state index in [0.717, 1.165) is 33.3 Å². The summed E-state index contributed by atoms with van der Waals surface area (Å²) in [5, 5.41) is 16.0. The van der Waals surface area contributed by atoms with Gasteiger partial charge in [0, 0.05) is 48.1 Å². The fourth-order valence-electron chi connectivity index (χ4n) is 5.16. The van der Waals surface area contributed by atoms with E-state index in [0.29, 0.717) is 37.9 Å². The molecule has 2 atom stereocenters. The van der Waals surface area contributed by atoms with E-state index in [1.54, 1.807) is 18.7 Å². The highest BCUT2D eigenvalue weighted by molar-refractivity contribution is 5.91. The van der Waals surface area contributed by atoms with Gasteiger partial charge in [0.1, 0.15) is 11.8 Å². The number of aromatic nitrogens is 1. The number of H-pyrrole nitrogens is 1. The Morgan fingerprint density at radius 2 is 1.74 bits per heavy atom. The number of rotatable bonds is 15. The zero-order valence-electron chi connectivity index (χ0n) is 24.3. The standard InChI is InChI=1S/C33H39N5O5/c1-43-27-14-12-22(13-15-27)6-4-8-24(20-31(39)38-42)32(40)37-30(19-25-21-36-29-11-3-2-10-28(25)29)33(41)35-17-16-23-7-5-9-26(34)18-23/h2-3,5,7,9-15,18,21,24,30,36,42H,4,6,8,16-17,19-20,34H2,1H3,(H,35,41)(H,37,40)(H,38,39)/t24-,30+/m0/s1. The van der Waals surface area contributed by atoms with Crippen molar-refractivity contribution in [3.63, 3.8) is 0 Å². The van der Waals surface area contributed by atoms with E-state index in [1.165, 1.54) is 0 Å². The van der Waals surface area contributed by atoms with Crippen molar-refractivity contribution in [3.8, 4) is 5.75 Å². The molecule has 3 aromatic carbocycles. The Bertz CT molecular complexity index is 1520. The number of para-hydroxylation sites is 1. The van der Waals surface area contributed by atoms with Crippen molar-refractivity contribution < 1.29 is 24.3 Å². The number of nitrogens with two attached hydrogens (primary N) is 1. The predicted octanol–water partition coefficient (Wildman–Crippen LogP) is 3.68. The Kier molecular flexibility index (Phi) is 11.2. The summed E-state index contributed by atoms with van der Waals surface area (Å²) in [7, 11) is 1.61. The van der Waals surface area contributed by atoms with Gasteiger partial charge in [-0.1, -0.05) is 42.5 Å². The van der Waals surface area contributed by atoms with Crippen LogP contribution in [0.4, 0.5) is 5.69 Å². The third-order valence-electron chi connectivity index (χ3n) is 7.50. The van der Waals surface area contributed by atoms with Gasteiger partial charge < -0.3 is 26.1 Å². The van der Waals surface area contributed by atoms with Crippen molar-refractivity contribution in [2.75, 3.05) is 19.4 Å². The van der Waals surface area contributed by atoms with Crippen molar-refractivity contribution in [2.24, 2.45) is 5.92 Å². The summed E-state index contributed by atoms with van der Waals surface area (Å²) in [4.78, 5) is 42.4. The maximum atomic E-state index is 13.6. The van der Waals surface area contributed by atoms with Crippen LogP contribution < -0.4 is 26.6 Å². The maximum Gasteiger partial charge on any atom is 0.244 e. The fraction of sp³-hybridized carbons (Fsp3) is 0.303. The van der Waals surface area contributed by atoms with E-state index in [9.17, 15) is 14.4 Å². The third-order valence-corrected chi connectivity index (χ3v) is 7.50. The van der Waals surface area contributed by atoms with Crippen LogP contribution in [0.1, 0.15) is 36.0 Å². The number of hydrogen-bond donors (Lipinski definition) is 6. The van der Waals surface area contributed by atoms with E-state index in [4.69, 9.17) is 15.7 Å². The minimum absolute atomic E-state index is 0.207. The van der Waals surface area contributed by atoms with Crippen molar-refractivity contribution in [1.29, 1.82) is 0 Å². The van der Waals surface area contributed by atoms with Gasteiger partial charge in [0.15, 0.2) is 0 Å². The molecule has 0 saturated heterocycles. The quantitative estimate of drug-likeness (QED) is 0.0710. The van der Waals surface area contributed by atoms with Crippen LogP contribution in [0.5, 0.6) is 5.75 Å². The van der Waals surface area contributed by atoms with Gasteiger partial charge in [0.2, 0.25) is 17.7 Å². The number of amides is 3. The highest BCUT2D eigenvalue weighted by Crippen LogP contribution is 2.21. The summed E-state index contributed by atoms with van der Waals surface area (Å²) in [5.74, 6) is -1.39. The zero-order valence-corrected chi connectivity index (χ0v) is 24.3. The van der Waals surface area contributed by atoms with Crippen molar-refractivity contribution in [1.82, 2.24) is 21.1 Å². The number of carbonyl (C=O) groups excluding carboxylic acids is 3. The number of carbonyl (C=O) groups is 3. The monoisotopic (exact) mass is 585 g/mol. The summed E-state index contributed by atoms with van der Waals surface area (Å²) in [5.41, 5.74) is 12.0. The molecule has 0 fully saturated rings. The van der Waals surface area contributed by atoms with Crippen LogP contribution >= 0.6 is 0 Å². The highest BCUT2D eigenvalue weighted by atomic mass is 16.5. The molecule has 0 aliphatic heterocycles. The van der Waals surface area contributed by atoms with Gasteiger partial charge in [0.25, 0.3) is 0 Å². The molecular formula is C33H39N5O5. The van der Waals surface area contributed by atoms with Crippen LogP contribution in [-0.4, -0.2) is 47.6 Å². The highest BCUT2D eigenvalue weighted by Gasteiger charge is 2.28. The molecule has 0 aliphatic carbocycles. The lowest BCUT2D eigenvalue weighted by atomic mass is 9.94. The summed E-state index contributed by atoms with van der Waals surface area (Å²) in [6, 6.07) is 22.0. The van der Waals surface area contributed by atoms with E-state index in [2.05, 4.69) is 15.6 Å². The number of anilines is 1. The molecule has 0 unspecified atom stereocenters. The van der Waals surface area contributed by atoms with Crippen molar-refractivity contribution >= 4 is 34.3 Å². The van der Waals surface area contributed by atoms with Gasteiger partial charge in [-0.3, -0.25) is 19.6 Å². The normalized spacial score (nSPS) is 12.3. The van der Waals surface area contributed by atoms with Gasteiger partial charge >= 0.3 is 0 Å². The second kappa shape index (κ2) is 15.4. The molecule has 3 amide bonds. The van der Waals surface area contributed by atoms with Crippen LogP contribution in [0.2, 0.25) is 0 Å². The van der Waals surface area contributed by atoms with Crippen molar-refractivity contribution in [2.45, 2.75) is 44.6 Å². The molecule has 10 nitrogen and oxygen atoms in total. The number of hydrogen-bond acceptors (Lipinski definition) is 6. The van der Waals surface area contributed by atoms with Gasteiger partial charge in [-0.05, 0) is 72.7 Å². The molecule has 4 aromatic rings. The number of nitrogen functional groups attached to an aromatic ring is 1. The topological polar surface area (TPSA) is 159 Å². The van der Waals surface area contributed by atoms with Gasteiger partial charge in [0.05, 0.1) is 7.11 Å². The fourth-order valence-corrected chi connectivity index (χ4v) is 5.16. The van der Waals surface area contributed by atoms with Crippen LogP contribution in [0, 0.1) is 5.92 Å². The number of aryl methyl sites for hydroxylation is 1. The lowest BCUT2D eigenvalue weighted by Gasteiger charge is -2.22. The molecule has 226 valence electrons. The second-order valence-corrected chi connectivity index (χ2v) is 10.6. The Labute approximate surface area is 251 Å². The molecule has 0 spiro atoms. The molecule has 0 saturated carbocycles. The largest absolute Gasteiger partial charge is 0.497 e. The first kappa shape index (κ1) is 31.1. The summed E-state index contributed by atoms with van der Waals surface area (Å²) < 4.78 is 5.21. The number of fused-ring (bicyclic) bond motifs is 1. The Hall–Kier alpha value is -4.83. The van der Waals surface area contributed by atoms with Crippen LogP contribution in [0.3, 0.4) is 0 Å². The summed E-state index contributed by atoms with van der Waals surface area (Å²) in [6.07, 6.45) is 4.18. The molecule has 1 heterocycles. The molecule has 0 bridgehead atoms. The molecule has 43 heavy (non-hydrogen) atoms. The molecule has 1 aromatic heterocycles. The minimum Gasteiger partial charge on any atom is -0.497 e. The molecule has 10 heteroatoms. The Balaban J connectivity index is 1.45. The molecular weight excluding hydrogens is 546 g/mol. The first-order valence-corrected chi connectivity index (χ1v) is 14.4. The molecule has 7 N–H and O–H groups in total. The molecule has 4 rings (SSSR count). The SMILES string of the molecule is COc1ccc(CCC[C@@H](CC(=O)NO)C(=O)N[C@H](Cc2c[nH]c3ccccc23)C(=O)NCCc2cccc(N)c2)cc1. The third kappa shape index (κ3) is 9.08. The predicted molar refractivity (Wildman–Crippen MR) is 165 cm³/mol. The maximum absolute atomic E-state index is 13.6. The Morgan fingerprint density at radius 3 is 2.49 bits per heavy atom. The van der Waals surface area contributed by atoms with Crippen LogP contribution in [0.15, 0.2) is 79.0 Å². The first-order chi connectivity index (χ1) is 20.9. The van der Waals surface area contributed by atoms with Gasteiger partial charge in [-0.2, -0.15) is 0 Å². The van der Waals surface area contributed by atoms with E-state index in [1.807, 2.05) is 72.9 Å². The van der Waals surface area contributed by atoms with Crippen molar-refractivity contribution in [3.05, 3.63) is 95.7 Å². The Morgan fingerprint density at radius 1 is 0.953 bits per heavy atom. The zero-order chi connectivity index (χ0) is 30.6. The average Bonchev–Trinajstić information content (AvgIpc) is 3.43. The first-order valence-electron chi connectivity index (χ1n) is 14.4. The van der Waals surface area contributed by atoms with Crippen LogP contribution in [0.25, 0.3) is 10.9 Å². The summed E-state index contributed by atoms with van der Waals surface area (Å²) >= 11 is 0. The lowest BCUT2D eigenvalue weighted by Crippen LogP contribution is -2.50. The number of nitrogens with one attached hydrogen (secondary N) is 4. The average molecular weight is 586 g/mol.